The molecule has 0 spiro atoms. The summed E-state index contributed by atoms with van der Waals surface area (Å²) in [7, 11) is 1.66. The Kier molecular flexibility index (Phi) is 6.09. The third kappa shape index (κ3) is 4.21. The maximum absolute atomic E-state index is 13.2. The average Bonchev–Trinajstić information content (AvgIpc) is 3.17. The van der Waals surface area contributed by atoms with Crippen LogP contribution in [0.1, 0.15) is 37.2 Å². The van der Waals surface area contributed by atoms with Crippen molar-refractivity contribution in [3.63, 3.8) is 0 Å². The standard InChI is InChI=1S/C25H31N3O2/c1-18(2)27-14-12-19(13-15-27)17-26-25(29)24-16-20-6-4-5-7-23(20)28(24)21-8-10-22(30-3)11-9-21/h4-11,16,18-19H,12-15,17H2,1-3H3,(H,26,29). The lowest BCUT2D eigenvalue weighted by Crippen LogP contribution is -2.41. The Morgan fingerprint density at radius 1 is 1.10 bits per heavy atom. The Hall–Kier alpha value is -2.79. The molecule has 5 nitrogen and oxygen atoms in total. The van der Waals surface area contributed by atoms with E-state index in [2.05, 4.69) is 30.1 Å². The zero-order chi connectivity index (χ0) is 21.1. The van der Waals surface area contributed by atoms with E-state index in [9.17, 15) is 4.79 Å². The van der Waals surface area contributed by atoms with Crippen molar-refractivity contribution in [1.29, 1.82) is 0 Å². The molecule has 1 aliphatic heterocycles. The van der Waals surface area contributed by atoms with E-state index < -0.39 is 0 Å². The average molecular weight is 406 g/mol. The number of nitrogens with one attached hydrogen (secondary N) is 1. The fourth-order valence-electron chi connectivity index (χ4n) is 4.33. The van der Waals surface area contributed by atoms with Crippen LogP contribution < -0.4 is 10.1 Å². The summed E-state index contributed by atoms with van der Waals surface area (Å²) in [5.74, 6) is 1.32. The summed E-state index contributed by atoms with van der Waals surface area (Å²) in [6.07, 6.45) is 2.28. The predicted molar refractivity (Wildman–Crippen MR) is 122 cm³/mol. The van der Waals surface area contributed by atoms with Crippen molar-refractivity contribution >= 4 is 16.8 Å². The second-order valence-electron chi connectivity index (χ2n) is 8.40. The van der Waals surface area contributed by atoms with E-state index in [1.165, 1.54) is 0 Å². The zero-order valence-corrected chi connectivity index (χ0v) is 18.1. The van der Waals surface area contributed by atoms with Crippen LogP contribution in [-0.2, 0) is 0 Å². The zero-order valence-electron chi connectivity index (χ0n) is 18.1. The highest BCUT2D eigenvalue weighted by atomic mass is 16.5. The molecule has 1 saturated heterocycles. The van der Waals surface area contributed by atoms with Gasteiger partial charge in [0.05, 0.1) is 12.6 Å². The molecule has 0 aliphatic carbocycles. The van der Waals surface area contributed by atoms with E-state index in [4.69, 9.17) is 4.74 Å². The maximum atomic E-state index is 13.2. The third-order valence-corrected chi connectivity index (χ3v) is 6.20. The van der Waals surface area contributed by atoms with Gasteiger partial charge in [-0.1, -0.05) is 18.2 Å². The van der Waals surface area contributed by atoms with Crippen molar-refractivity contribution in [2.24, 2.45) is 5.92 Å². The van der Waals surface area contributed by atoms with E-state index in [1.807, 2.05) is 53.1 Å². The molecule has 1 fully saturated rings. The van der Waals surface area contributed by atoms with Crippen LogP contribution in [0, 0.1) is 5.92 Å². The molecule has 3 aromatic rings. The first-order chi connectivity index (χ1) is 14.6. The molecule has 1 aromatic heterocycles. The lowest BCUT2D eigenvalue weighted by Gasteiger charge is -2.34. The van der Waals surface area contributed by atoms with Crippen molar-refractivity contribution in [3.8, 4) is 11.4 Å². The van der Waals surface area contributed by atoms with Gasteiger partial charge in [0.25, 0.3) is 5.91 Å². The van der Waals surface area contributed by atoms with Gasteiger partial charge in [-0.15, -0.1) is 0 Å². The number of hydrogen-bond acceptors (Lipinski definition) is 3. The van der Waals surface area contributed by atoms with Gasteiger partial charge in [0.15, 0.2) is 0 Å². The Balaban J connectivity index is 1.54. The van der Waals surface area contributed by atoms with E-state index >= 15 is 0 Å². The molecule has 0 atom stereocenters. The van der Waals surface area contributed by atoms with Crippen LogP contribution in [0.3, 0.4) is 0 Å². The molecule has 1 amide bonds. The van der Waals surface area contributed by atoms with Gasteiger partial charge >= 0.3 is 0 Å². The summed E-state index contributed by atoms with van der Waals surface area (Å²) in [4.78, 5) is 15.7. The number of piperidine rings is 1. The number of benzene rings is 2. The number of likely N-dealkylation sites (tertiary alicyclic amines) is 1. The number of carbonyl (C=O) groups excluding carboxylic acids is 1. The van der Waals surface area contributed by atoms with Crippen molar-refractivity contribution in [3.05, 3.63) is 60.3 Å². The molecule has 5 heteroatoms. The Bertz CT molecular complexity index is 999. The quantitative estimate of drug-likeness (QED) is 0.657. The van der Waals surface area contributed by atoms with Gasteiger partial charge in [0.2, 0.25) is 0 Å². The van der Waals surface area contributed by atoms with Crippen molar-refractivity contribution < 1.29 is 9.53 Å². The summed E-state index contributed by atoms with van der Waals surface area (Å²) in [6.45, 7) is 7.46. The van der Waals surface area contributed by atoms with Gasteiger partial charge in [-0.25, -0.2) is 0 Å². The molecule has 0 bridgehead atoms. The smallest absolute Gasteiger partial charge is 0.268 e. The molecule has 0 unspecified atom stereocenters. The summed E-state index contributed by atoms with van der Waals surface area (Å²) >= 11 is 0. The molecule has 158 valence electrons. The van der Waals surface area contributed by atoms with Gasteiger partial charge in [-0.05, 0) is 82.1 Å². The number of carbonyl (C=O) groups is 1. The number of methoxy groups -OCH3 is 1. The summed E-state index contributed by atoms with van der Waals surface area (Å²) in [5.41, 5.74) is 2.64. The predicted octanol–water partition coefficient (Wildman–Crippen LogP) is 4.49. The monoisotopic (exact) mass is 405 g/mol. The maximum Gasteiger partial charge on any atom is 0.268 e. The first-order valence-corrected chi connectivity index (χ1v) is 10.8. The highest BCUT2D eigenvalue weighted by Crippen LogP contribution is 2.26. The van der Waals surface area contributed by atoms with Gasteiger partial charge in [0.1, 0.15) is 11.4 Å². The first-order valence-electron chi connectivity index (χ1n) is 10.8. The summed E-state index contributed by atoms with van der Waals surface area (Å²) in [5, 5.41) is 4.26. The van der Waals surface area contributed by atoms with Crippen LogP contribution in [0.15, 0.2) is 54.6 Å². The highest BCUT2D eigenvalue weighted by molar-refractivity contribution is 6.00. The van der Waals surface area contributed by atoms with Gasteiger partial charge < -0.3 is 19.5 Å². The molecule has 2 heterocycles. The number of nitrogens with zero attached hydrogens (tertiary/aromatic N) is 2. The van der Waals surface area contributed by atoms with Crippen LogP contribution in [0.4, 0.5) is 0 Å². The fourth-order valence-corrected chi connectivity index (χ4v) is 4.33. The van der Waals surface area contributed by atoms with Crippen LogP contribution >= 0.6 is 0 Å². The SMILES string of the molecule is COc1ccc(-n2c(C(=O)NCC3CCN(C(C)C)CC3)cc3ccccc32)cc1. The van der Waals surface area contributed by atoms with Crippen LogP contribution in [0.25, 0.3) is 16.6 Å². The fraction of sp³-hybridized carbons (Fsp3) is 0.400. The molecule has 0 radical (unpaired) electrons. The molecule has 1 aliphatic rings. The normalized spacial score (nSPS) is 15.6. The minimum Gasteiger partial charge on any atom is -0.497 e. The first kappa shape index (κ1) is 20.5. The van der Waals surface area contributed by atoms with E-state index in [0.29, 0.717) is 17.7 Å². The third-order valence-electron chi connectivity index (χ3n) is 6.20. The van der Waals surface area contributed by atoms with Crippen LogP contribution in [0.5, 0.6) is 5.75 Å². The number of rotatable bonds is 6. The van der Waals surface area contributed by atoms with Gasteiger partial charge in [-0.2, -0.15) is 0 Å². The van der Waals surface area contributed by atoms with Crippen LogP contribution in [0.2, 0.25) is 0 Å². The van der Waals surface area contributed by atoms with E-state index in [-0.39, 0.29) is 5.91 Å². The number of para-hydroxylation sites is 1. The topological polar surface area (TPSA) is 46.5 Å². The molecule has 30 heavy (non-hydrogen) atoms. The van der Waals surface area contributed by atoms with Crippen molar-refractivity contribution in [2.75, 3.05) is 26.7 Å². The number of aromatic nitrogens is 1. The number of amides is 1. The minimum absolute atomic E-state index is 0.0201. The van der Waals surface area contributed by atoms with Crippen molar-refractivity contribution in [1.82, 2.24) is 14.8 Å². The van der Waals surface area contributed by atoms with Gasteiger partial charge in [-0.3, -0.25) is 4.79 Å². The lowest BCUT2D eigenvalue weighted by atomic mass is 9.96. The molecule has 1 N–H and O–H groups in total. The Morgan fingerprint density at radius 3 is 2.47 bits per heavy atom. The number of ether oxygens (including phenoxy) is 1. The summed E-state index contributed by atoms with van der Waals surface area (Å²) < 4.78 is 7.32. The lowest BCUT2D eigenvalue weighted by molar-refractivity contribution is 0.0923. The number of fused-ring (bicyclic) bond motifs is 1. The van der Waals surface area contributed by atoms with Crippen molar-refractivity contribution in [2.45, 2.75) is 32.7 Å². The summed E-state index contributed by atoms with van der Waals surface area (Å²) in [6, 6.07) is 18.5. The molecule has 2 aromatic carbocycles. The second-order valence-corrected chi connectivity index (χ2v) is 8.40. The molecular weight excluding hydrogens is 374 g/mol. The Morgan fingerprint density at radius 2 is 1.80 bits per heavy atom. The Labute approximate surface area is 178 Å². The van der Waals surface area contributed by atoms with E-state index in [0.717, 1.165) is 54.8 Å². The molecule has 4 rings (SSSR count). The van der Waals surface area contributed by atoms with E-state index in [1.54, 1.807) is 7.11 Å². The highest BCUT2D eigenvalue weighted by Gasteiger charge is 2.22. The number of hydrogen-bond donors (Lipinski definition) is 1. The molecular formula is C25H31N3O2. The largest absolute Gasteiger partial charge is 0.497 e. The van der Waals surface area contributed by atoms with Crippen LogP contribution in [-0.4, -0.2) is 48.2 Å². The molecule has 0 saturated carbocycles. The minimum atomic E-state index is -0.0201. The van der Waals surface area contributed by atoms with Gasteiger partial charge in [0, 0.05) is 23.7 Å². The second kappa shape index (κ2) is 8.92.